The Hall–Kier alpha value is -1.49. The van der Waals surface area contributed by atoms with Gasteiger partial charge in [0, 0.05) is 7.05 Å². The molecule has 0 radical (unpaired) electrons. The van der Waals surface area contributed by atoms with E-state index in [1.165, 1.54) is 0 Å². The molecule has 0 spiro atoms. The molecule has 17 heavy (non-hydrogen) atoms. The van der Waals surface area contributed by atoms with E-state index in [4.69, 9.17) is 0 Å². The lowest BCUT2D eigenvalue weighted by Crippen LogP contribution is -2.26. The predicted octanol–water partition coefficient (Wildman–Crippen LogP) is 2.49. The average molecular weight is 239 g/mol. The van der Waals surface area contributed by atoms with Crippen LogP contribution in [0, 0.1) is 0 Å². The summed E-state index contributed by atoms with van der Waals surface area (Å²) in [5.41, 5.74) is 1.89. The van der Waals surface area contributed by atoms with Crippen molar-refractivity contribution in [3.63, 3.8) is 0 Å². The third kappa shape index (κ3) is 2.44. The molecule has 0 bridgehead atoms. The van der Waals surface area contributed by atoms with Crippen molar-refractivity contribution in [1.29, 1.82) is 0 Å². The Kier molecular flexibility index (Phi) is 3.38. The summed E-state index contributed by atoms with van der Waals surface area (Å²) in [6.07, 6.45) is -2.34. The second-order valence-corrected chi connectivity index (χ2v) is 4.04. The first-order valence-corrected chi connectivity index (χ1v) is 5.52. The molecule has 0 aliphatic heterocycles. The van der Waals surface area contributed by atoms with Gasteiger partial charge in [0.05, 0.1) is 23.6 Å². The van der Waals surface area contributed by atoms with E-state index in [0.717, 1.165) is 16.9 Å². The number of alkyl halides is 2. The number of nitrogens with zero attached hydrogens (tertiary/aromatic N) is 2. The van der Waals surface area contributed by atoms with E-state index in [0.29, 0.717) is 0 Å². The van der Waals surface area contributed by atoms with Crippen LogP contribution in [-0.2, 0) is 7.05 Å². The molecule has 2 aromatic rings. The van der Waals surface area contributed by atoms with Crippen molar-refractivity contribution in [2.45, 2.75) is 19.4 Å². The number of hydrogen-bond acceptors (Lipinski definition) is 2. The number of aryl methyl sites for hydroxylation is 1. The molecule has 5 heteroatoms. The Morgan fingerprint density at radius 2 is 2.06 bits per heavy atom. The first-order chi connectivity index (χ1) is 8.09. The number of imidazole rings is 1. The third-order valence-electron chi connectivity index (χ3n) is 2.79. The van der Waals surface area contributed by atoms with Crippen molar-refractivity contribution in [3.8, 4) is 0 Å². The van der Waals surface area contributed by atoms with Gasteiger partial charge in [0.15, 0.2) is 0 Å². The van der Waals surface area contributed by atoms with E-state index < -0.39 is 6.43 Å². The quantitative estimate of drug-likeness (QED) is 0.888. The van der Waals surface area contributed by atoms with Crippen LogP contribution in [0.4, 0.5) is 8.78 Å². The highest BCUT2D eigenvalue weighted by Crippen LogP contribution is 2.19. The molecule has 0 amide bonds. The van der Waals surface area contributed by atoms with Crippen molar-refractivity contribution in [2.24, 2.45) is 7.05 Å². The topological polar surface area (TPSA) is 29.9 Å². The third-order valence-corrected chi connectivity index (χ3v) is 2.79. The first kappa shape index (κ1) is 12.0. The summed E-state index contributed by atoms with van der Waals surface area (Å²) in [6.45, 7) is 1.52. The van der Waals surface area contributed by atoms with Crippen molar-refractivity contribution in [2.75, 3.05) is 6.54 Å². The molecule has 0 saturated heterocycles. The Morgan fingerprint density at radius 1 is 1.35 bits per heavy atom. The van der Waals surface area contributed by atoms with Gasteiger partial charge in [-0.25, -0.2) is 13.8 Å². The van der Waals surface area contributed by atoms with E-state index in [1.54, 1.807) is 0 Å². The number of hydrogen-bond donors (Lipinski definition) is 1. The Morgan fingerprint density at radius 3 is 2.71 bits per heavy atom. The molecular weight excluding hydrogens is 224 g/mol. The van der Waals surface area contributed by atoms with Gasteiger partial charge < -0.3 is 9.88 Å². The molecule has 0 aliphatic carbocycles. The molecule has 1 unspecified atom stereocenters. The SMILES string of the molecule is CC(NCC(F)F)c1nc2ccccc2n1C. The maximum atomic E-state index is 12.1. The predicted molar refractivity (Wildman–Crippen MR) is 63.1 cm³/mol. The second kappa shape index (κ2) is 4.79. The molecule has 3 nitrogen and oxygen atoms in total. The van der Waals surface area contributed by atoms with Crippen LogP contribution >= 0.6 is 0 Å². The zero-order valence-electron chi connectivity index (χ0n) is 9.82. The van der Waals surface area contributed by atoms with Crippen LogP contribution in [0.1, 0.15) is 18.8 Å². The summed E-state index contributed by atoms with van der Waals surface area (Å²) in [5.74, 6) is 0.770. The second-order valence-electron chi connectivity index (χ2n) is 4.04. The van der Waals surface area contributed by atoms with Crippen LogP contribution in [0.15, 0.2) is 24.3 Å². The molecule has 92 valence electrons. The maximum Gasteiger partial charge on any atom is 0.250 e. The highest BCUT2D eigenvalue weighted by atomic mass is 19.3. The van der Waals surface area contributed by atoms with Crippen molar-refractivity contribution >= 4 is 11.0 Å². The molecule has 1 aromatic carbocycles. The molecule has 1 aromatic heterocycles. The van der Waals surface area contributed by atoms with E-state index in [1.807, 2.05) is 42.8 Å². The minimum Gasteiger partial charge on any atom is -0.330 e. The lowest BCUT2D eigenvalue weighted by Gasteiger charge is -2.13. The van der Waals surface area contributed by atoms with E-state index >= 15 is 0 Å². The van der Waals surface area contributed by atoms with Crippen molar-refractivity contribution in [3.05, 3.63) is 30.1 Å². The van der Waals surface area contributed by atoms with Gasteiger partial charge in [0.25, 0.3) is 6.43 Å². The Balaban J connectivity index is 2.26. The number of benzene rings is 1. The summed E-state index contributed by atoms with van der Waals surface area (Å²) in [7, 11) is 1.89. The highest BCUT2D eigenvalue weighted by Gasteiger charge is 2.15. The number of fused-ring (bicyclic) bond motifs is 1. The summed E-state index contributed by atoms with van der Waals surface area (Å²) in [4.78, 5) is 4.45. The number of aromatic nitrogens is 2. The number of nitrogens with one attached hydrogen (secondary N) is 1. The van der Waals surface area contributed by atoms with Gasteiger partial charge in [-0.2, -0.15) is 0 Å². The summed E-state index contributed by atoms with van der Waals surface area (Å²) < 4.78 is 26.2. The molecule has 2 rings (SSSR count). The fourth-order valence-corrected chi connectivity index (χ4v) is 1.91. The fourth-order valence-electron chi connectivity index (χ4n) is 1.91. The number of halogens is 2. The van der Waals surface area contributed by atoms with Crippen LogP contribution in [-0.4, -0.2) is 22.5 Å². The Labute approximate surface area is 98.5 Å². The number of rotatable bonds is 4. The van der Waals surface area contributed by atoms with E-state index in [2.05, 4.69) is 10.3 Å². The highest BCUT2D eigenvalue weighted by molar-refractivity contribution is 5.75. The van der Waals surface area contributed by atoms with Gasteiger partial charge in [0.1, 0.15) is 5.82 Å². The zero-order valence-corrected chi connectivity index (χ0v) is 9.82. The molecule has 1 N–H and O–H groups in total. The minimum atomic E-state index is -2.34. The Bertz CT molecular complexity index is 507. The van der Waals surface area contributed by atoms with Crippen LogP contribution in [0.2, 0.25) is 0 Å². The van der Waals surface area contributed by atoms with Crippen LogP contribution < -0.4 is 5.32 Å². The van der Waals surface area contributed by atoms with E-state index in [9.17, 15) is 8.78 Å². The summed E-state index contributed by atoms with van der Waals surface area (Å²) in [5, 5.41) is 2.77. The molecular formula is C12H15F2N3. The first-order valence-electron chi connectivity index (χ1n) is 5.52. The van der Waals surface area contributed by atoms with Gasteiger partial charge in [0.2, 0.25) is 0 Å². The van der Waals surface area contributed by atoms with Crippen LogP contribution in [0.25, 0.3) is 11.0 Å². The van der Waals surface area contributed by atoms with E-state index in [-0.39, 0.29) is 12.6 Å². The van der Waals surface area contributed by atoms with Gasteiger partial charge in [-0.15, -0.1) is 0 Å². The smallest absolute Gasteiger partial charge is 0.250 e. The van der Waals surface area contributed by atoms with Gasteiger partial charge in [-0.1, -0.05) is 12.1 Å². The molecule has 1 atom stereocenters. The monoisotopic (exact) mass is 239 g/mol. The lowest BCUT2D eigenvalue weighted by molar-refractivity contribution is 0.141. The van der Waals surface area contributed by atoms with Crippen molar-refractivity contribution < 1.29 is 8.78 Å². The molecule has 0 fully saturated rings. The fraction of sp³-hybridized carbons (Fsp3) is 0.417. The molecule has 1 heterocycles. The lowest BCUT2D eigenvalue weighted by atomic mass is 10.3. The minimum absolute atomic E-state index is 0.193. The summed E-state index contributed by atoms with van der Waals surface area (Å²) in [6, 6.07) is 7.53. The van der Waals surface area contributed by atoms with Gasteiger partial charge >= 0.3 is 0 Å². The zero-order chi connectivity index (χ0) is 12.4. The normalized spacial score (nSPS) is 13.5. The average Bonchev–Trinajstić information content (AvgIpc) is 2.64. The largest absolute Gasteiger partial charge is 0.330 e. The number of para-hydroxylation sites is 2. The molecule has 0 aliphatic rings. The maximum absolute atomic E-state index is 12.1. The molecule has 0 saturated carbocycles. The standard InChI is InChI=1S/C12H15F2N3/c1-8(15-7-11(13)14)12-16-9-5-3-4-6-10(9)17(12)2/h3-6,8,11,15H,7H2,1-2H3. The van der Waals surface area contributed by atoms with Gasteiger partial charge in [-0.3, -0.25) is 0 Å². The van der Waals surface area contributed by atoms with Crippen LogP contribution in [0.5, 0.6) is 0 Å². The summed E-state index contributed by atoms with van der Waals surface area (Å²) >= 11 is 0. The van der Waals surface area contributed by atoms with Gasteiger partial charge in [-0.05, 0) is 19.1 Å². The van der Waals surface area contributed by atoms with Crippen molar-refractivity contribution in [1.82, 2.24) is 14.9 Å². The van der Waals surface area contributed by atoms with Crippen LogP contribution in [0.3, 0.4) is 0 Å².